The first-order chi connectivity index (χ1) is 5.61. The fraction of sp³-hybridized carbons (Fsp3) is 1.00. The number of hydrogen-bond donors (Lipinski definition) is 1. The monoisotopic (exact) mass is 171 g/mol. The van der Waals surface area contributed by atoms with Crippen LogP contribution in [0.15, 0.2) is 0 Å². The van der Waals surface area contributed by atoms with Crippen LogP contribution in [0, 0.1) is 11.8 Å². The molecule has 0 saturated heterocycles. The average Bonchev–Trinajstić information content (AvgIpc) is 2.01. The van der Waals surface area contributed by atoms with E-state index in [1.165, 1.54) is 25.7 Å². The van der Waals surface area contributed by atoms with Gasteiger partial charge in [-0.3, -0.25) is 0 Å². The van der Waals surface area contributed by atoms with Crippen LogP contribution in [0.3, 0.4) is 0 Å². The highest BCUT2D eigenvalue weighted by Crippen LogP contribution is 2.24. The van der Waals surface area contributed by atoms with E-state index in [2.05, 4.69) is 27.7 Å². The van der Waals surface area contributed by atoms with Gasteiger partial charge in [-0.05, 0) is 25.2 Å². The fourth-order valence-corrected chi connectivity index (χ4v) is 1.82. The summed E-state index contributed by atoms with van der Waals surface area (Å²) >= 11 is 0. The molecule has 0 spiro atoms. The molecule has 1 heteroatoms. The van der Waals surface area contributed by atoms with Gasteiger partial charge in [0.15, 0.2) is 0 Å². The van der Waals surface area contributed by atoms with E-state index in [1.54, 1.807) is 0 Å². The molecule has 0 aliphatic heterocycles. The Morgan fingerprint density at radius 1 is 1.17 bits per heavy atom. The molecule has 0 radical (unpaired) electrons. The van der Waals surface area contributed by atoms with Gasteiger partial charge in [0.05, 0.1) is 0 Å². The van der Waals surface area contributed by atoms with Crippen molar-refractivity contribution < 1.29 is 0 Å². The third kappa shape index (κ3) is 4.76. The third-order valence-electron chi connectivity index (χ3n) is 2.78. The van der Waals surface area contributed by atoms with Crippen molar-refractivity contribution in [3.05, 3.63) is 0 Å². The molecule has 2 N–H and O–H groups in total. The minimum atomic E-state index is 0.371. The summed E-state index contributed by atoms with van der Waals surface area (Å²) in [6, 6.07) is 0.371. The second-order valence-corrected chi connectivity index (χ2v) is 4.15. The molecule has 3 atom stereocenters. The zero-order valence-corrected chi connectivity index (χ0v) is 9.14. The molecule has 74 valence electrons. The molecule has 0 aliphatic rings. The lowest BCUT2D eigenvalue weighted by Gasteiger charge is -2.24. The summed E-state index contributed by atoms with van der Waals surface area (Å²) in [6.07, 6.45) is 5.12. The first-order valence-electron chi connectivity index (χ1n) is 5.37. The second-order valence-electron chi connectivity index (χ2n) is 4.15. The van der Waals surface area contributed by atoms with Gasteiger partial charge in [-0.1, -0.05) is 40.0 Å². The Morgan fingerprint density at radius 3 is 2.08 bits per heavy atom. The highest BCUT2D eigenvalue weighted by atomic mass is 14.6. The van der Waals surface area contributed by atoms with Gasteiger partial charge in [0.25, 0.3) is 0 Å². The predicted molar refractivity (Wildman–Crippen MR) is 56.1 cm³/mol. The Bertz CT molecular complexity index is 99.2. The van der Waals surface area contributed by atoms with Gasteiger partial charge >= 0.3 is 0 Å². The van der Waals surface area contributed by atoms with E-state index in [0.29, 0.717) is 6.04 Å². The van der Waals surface area contributed by atoms with Crippen molar-refractivity contribution >= 4 is 0 Å². The topological polar surface area (TPSA) is 26.0 Å². The van der Waals surface area contributed by atoms with Crippen LogP contribution < -0.4 is 5.73 Å². The summed E-state index contributed by atoms with van der Waals surface area (Å²) in [5, 5.41) is 0. The van der Waals surface area contributed by atoms with Crippen molar-refractivity contribution in [2.24, 2.45) is 17.6 Å². The summed E-state index contributed by atoms with van der Waals surface area (Å²) in [6.45, 7) is 9.00. The average molecular weight is 171 g/mol. The summed E-state index contributed by atoms with van der Waals surface area (Å²) in [4.78, 5) is 0. The van der Waals surface area contributed by atoms with Crippen molar-refractivity contribution in [2.45, 2.75) is 59.4 Å². The van der Waals surface area contributed by atoms with Gasteiger partial charge < -0.3 is 5.73 Å². The van der Waals surface area contributed by atoms with Crippen LogP contribution in [0.4, 0.5) is 0 Å². The lowest BCUT2D eigenvalue weighted by atomic mass is 9.84. The van der Waals surface area contributed by atoms with Gasteiger partial charge in [0.1, 0.15) is 0 Å². The van der Waals surface area contributed by atoms with Crippen LogP contribution in [0.1, 0.15) is 53.4 Å². The Balaban J connectivity index is 3.84. The molecule has 0 amide bonds. The quantitative estimate of drug-likeness (QED) is 0.652. The largest absolute Gasteiger partial charge is 0.328 e. The molecule has 0 saturated carbocycles. The van der Waals surface area contributed by atoms with Gasteiger partial charge in [-0.25, -0.2) is 0 Å². The van der Waals surface area contributed by atoms with E-state index in [4.69, 9.17) is 5.73 Å². The van der Waals surface area contributed by atoms with E-state index >= 15 is 0 Å². The molecule has 12 heavy (non-hydrogen) atoms. The lowest BCUT2D eigenvalue weighted by Crippen LogP contribution is -2.23. The van der Waals surface area contributed by atoms with Crippen molar-refractivity contribution in [3.8, 4) is 0 Å². The molecular formula is C11H25N. The Morgan fingerprint density at radius 2 is 1.75 bits per heavy atom. The maximum absolute atomic E-state index is 5.82. The zero-order valence-electron chi connectivity index (χ0n) is 9.14. The molecule has 0 aromatic heterocycles. The van der Waals surface area contributed by atoms with Gasteiger partial charge in [-0.2, -0.15) is 0 Å². The van der Waals surface area contributed by atoms with Gasteiger partial charge in [-0.15, -0.1) is 0 Å². The first-order valence-corrected chi connectivity index (χ1v) is 5.37. The van der Waals surface area contributed by atoms with Crippen LogP contribution in [0.25, 0.3) is 0 Å². The minimum absolute atomic E-state index is 0.371. The van der Waals surface area contributed by atoms with E-state index in [-0.39, 0.29) is 0 Å². The van der Waals surface area contributed by atoms with Gasteiger partial charge in [0, 0.05) is 6.04 Å². The molecule has 1 nitrogen and oxygen atoms in total. The molecule has 2 unspecified atom stereocenters. The summed E-state index contributed by atoms with van der Waals surface area (Å²) < 4.78 is 0. The van der Waals surface area contributed by atoms with E-state index in [9.17, 15) is 0 Å². The smallest absolute Gasteiger partial charge is 0.00132 e. The second kappa shape index (κ2) is 6.47. The molecule has 0 aromatic rings. The minimum Gasteiger partial charge on any atom is -0.328 e. The van der Waals surface area contributed by atoms with Crippen LogP contribution in [0.5, 0.6) is 0 Å². The predicted octanol–water partition coefficient (Wildman–Crippen LogP) is 3.19. The van der Waals surface area contributed by atoms with Crippen LogP contribution in [0.2, 0.25) is 0 Å². The van der Waals surface area contributed by atoms with E-state index < -0.39 is 0 Å². The van der Waals surface area contributed by atoms with E-state index in [1.807, 2.05) is 0 Å². The number of rotatable bonds is 6. The summed E-state index contributed by atoms with van der Waals surface area (Å²) in [5.41, 5.74) is 5.82. The van der Waals surface area contributed by atoms with Crippen LogP contribution in [-0.2, 0) is 0 Å². The summed E-state index contributed by atoms with van der Waals surface area (Å²) in [5.74, 6) is 1.69. The van der Waals surface area contributed by atoms with Gasteiger partial charge in [0.2, 0.25) is 0 Å². The molecule has 0 fully saturated rings. The zero-order chi connectivity index (χ0) is 9.56. The maximum Gasteiger partial charge on any atom is 0.00132 e. The van der Waals surface area contributed by atoms with Crippen molar-refractivity contribution in [3.63, 3.8) is 0 Å². The number of nitrogens with two attached hydrogens (primary N) is 1. The highest BCUT2D eigenvalue weighted by Gasteiger charge is 2.15. The Labute approximate surface area is 77.7 Å². The molecule has 0 heterocycles. The molecule has 0 rings (SSSR count). The SMILES string of the molecule is CCCC(C[C@@H](C)N)C(C)CC. The van der Waals surface area contributed by atoms with Crippen LogP contribution >= 0.6 is 0 Å². The molecule has 0 bridgehead atoms. The highest BCUT2D eigenvalue weighted by molar-refractivity contribution is 4.69. The lowest BCUT2D eigenvalue weighted by molar-refractivity contribution is 0.290. The third-order valence-corrected chi connectivity index (χ3v) is 2.78. The van der Waals surface area contributed by atoms with E-state index in [0.717, 1.165) is 11.8 Å². The van der Waals surface area contributed by atoms with Crippen molar-refractivity contribution in [2.75, 3.05) is 0 Å². The maximum atomic E-state index is 5.82. The first kappa shape index (κ1) is 12.0. The molecular weight excluding hydrogens is 146 g/mol. The van der Waals surface area contributed by atoms with Crippen molar-refractivity contribution in [1.29, 1.82) is 0 Å². The number of hydrogen-bond acceptors (Lipinski definition) is 1. The van der Waals surface area contributed by atoms with Crippen LogP contribution in [-0.4, -0.2) is 6.04 Å². The fourth-order valence-electron chi connectivity index (χ4n) is 1.82. The van der Waals surface area contributed by atoms with Crippen molar-refractivity contribution in [1.82, 2.24) is 0 Å². The molecule has 0 aromatic carbocycles. The standard InChI is InChI=1S/C11H25N/c1-5-7-11(8-10(4)12)9(3)6-2/h9-11H,5-8,12H2,1-4H3/t9?,10-,11?/m1/s1. The Kier molecular flexibility index (Phi) is 6.45. The Hall–Kier alpha value is -0.0400. The summed E-state index contributed by atoms with van der Waals surface area (Å²) in [7, 11) is 0. The molecule has 0 aliphatic carbocycles. The normalized spacial score (nSPS) is 18.8.